The van der Waals surface area contributed by atoms with E-state index < -0.39 is 0 Å². The van der Waals surface area contributed by atoms with E-state index in [4.69, 9.17) is 4.74 Å². The van der Waals surface area contributed by atoms with Gasteiger partial charge < -0.3 is 4.74 Å². The second-order valence-corrected chi connectivity index (χ2v) is 2.96. The highest BCUT2D eigenvalue weighted by Gasteiger charge is 2.01. The van der Waals surface area contributed by atoms with Crippen molar-refractivity contribution in [2.75, 3.05) is 6.61 Å². The van der Waals surface area contributed by atoms with Crippen LogP contribution in [-0.4, -0.2) is 12.6 Å². The molecule has 0 fully saturated rings. The summed E-state index contributed by atoms with van der Waals surface area (Å²) >= 11 is 0. The Kier molecular flexibility index (Phi) is 4.48. The number of hydrogen-bond acceptors (Lipinski definition) is 2. The van der Waals surface area contributed by atoms with Gasteiger partial charge in [0.1, 0.15) is 6.61 Å². The molecule has 1 aromatic carbocycles. The molecule has 14 heavy (non-hydrogen) atoms. The zero-order chi connectivity index (χ0) is 10.2. The van der Waals surface area contributed by atoms with Gasteiger partial charge in [-0.05, 0) is 12.0 Å². The van der Waals surface area contributed by atoms with Gasteiger partial charge in [-0.3, -0.25) is 4.79 Å². The Hall–Kier alpha value is -1.57. The van der Waals surface area contributed by atoms with Crippen LogP contribution in [0.5, 0.6) is 0 Å². The van der Waals surface area contributed by atoms with Crippen LogP contribution in [-0.2, 0) is 16.0 Å². The summed E-state index contributed by atoms with van der Waals surface area (Å²) < 4.78 is 4.86. The Morgan fingerprint density at radius 1 is 1.36 bits per heavy atom. The lowest BCUT2D eigenvalue weighted by Gasteiger charge is -2.01. The van der Waals surface area contributed by atoms with Crippen LogP contribution < -0.4 is 0 Å². The van der Waals surface area contributed by atoms with E-state index in [1.165, 1.54) is 0 Å². The highest BCUT2D eigenvalue weighted by atomic mass is 16.5. The minimum absolute atomic E-state index is 0.172. The summed E-state index contributed by atoms with van der Waals surface area (Å²) in [7, 11) is 0. The van der Waals surface area contributed by atoms with Gasteiger partial charge in [0, 0.05) is 6.42 Å². The van der Waals surface area contributed by atoms with Crippen LogP contribution in [0.3, 0.4) is 0 Å². The topological polar surface area (TPSA) is 26.3 Å². The number of benzene rings is 1. The van der Waals surface area contributed by atoms with Gasteiger partial charge in [-0.15, -0.1) is 0 Å². The minimum atomic E-state index is -0.172. The van der Waals surface area contributed by atoms with Crippen LogP contribution in [0.25, 0.3) is 0 Å². The van der Waals surface area contributed by atoms with E-state index in [1.54, 1.807) is 6.08 Å². The lowest BCUT2D eigenvalue weighted by Crippen LogP contribution is -2.05. The first-order chi connectivity index (χ1) is 6.83. The van der Waals surface area contributed by atoms with Crippen molar-refractivity contribution in [1.29, 1.82) is 0 Å². The molecular weight excluding hydrogens is 176 g/mol. The number of esters is 1. The SMILES string of the molecule is C=CCOC(=O)CCc1ccccc1. The molecule has 0 heterocycles. The van der Waals surface area contributed by atoms with E-state index in [0.29, 0.717) is 13.0 Å². The van der Waals surface area contributed by atoms with Gasteiger partial charge in [-0.2, -0.15) is 0 Å². The van der Waals surface area contributed by atoms with E-state index in [0.717, 1.165) is 12.0 Å². The van der Waals surface area contributed by atoms with Gasteiger partial charge in [0.05, 0.1) is 0 Å². The largest absolute Gasteiger partial charge is 0.461 e. The van der Waals surface area contributed by atoms with Crippen molar-refractivity contribution in [3.05, 3.63) is 48.6 Å². The number of aryl methyl sites for hydroxylation is 1. The van der Waals surface area contributed by atoms with Crippen molar-refractivity contribution in [2.24, 2.45) is 0 Å². The average molecular weight is 190 g/mol. The number of hydrogen-bond donors (Lipinski definition) is 0. The maximum Gasteiger partial charge on any atom is 0.306 e. The van der Waals surface area contributed by atoms with Gasteiger partial charge in [0.15, 0.2) is 0 Å². The van der Waals surface area contributed by atoms with Crippen LogP contribution >= 0.6 is 0 Å². The molecular formula is C12H14O2. The molecule has 0 aliphatic rings. The Bertz CT molecular complexity index is 290. The van der Waals surface area contributed by atoms with Crippen LogP contribution in [0.2, 0.25) is 0 Å². The van der Waals surface area contributed by atoms with Crippen LogP contribution in [0.15, 0.2) is 43.0 Å². The van der Waals surface area contributed by atoms with E-state index in [1.807, 2.05) is 30.3 Å². The van der Waals surface area contributed by atoms with Crippen molar-refractivity contribution < 1.29 is 9.53 Å². The molecule has 0 aliphatic heterocycles. The second-order valence-electron chi connectivity index (χ2n) is 2.96. The first kappa shape index (κ1) is 10.5. The van der Waals surface area contributed by atoms with Gasteiger partial charge in [0.25, 0.3) is 0 Å². The van der Waals surface area contributed by atoms with Gasteiger partial charge in [0.2, 0.25) is 0 Å². The third-order valence-corrected chi connectivity index (χ3v) is 1.82. The van der Waals surface area contributed by atoms with Gasteiger partial charge in [-0.25, -0.2) is 0 Å². The highest BCUT2D eigenvalue weighted by molar-refractivity contribution is 5.69. The Balaban J connectivity index is 2.27. The van der Waals surface area contributed by atoms with Gasteiger partial charge in [-0.1, -0.05) is 43.0 Å². The fourth-order valence-corrected chi connectivity index (χ4v) is 1.12. The Morgan fingerprint density at radius 2 is 2.07 bits per heavy atom. The summed E-state index contributed by atoms with van der Waals surface area (Å²) in [5.74, 6) is -0.172. The summed E-state index contributed by atoms with van der Waals surface area (Å²) in [6.45, 7) is 3.77. The highest BCUT2D eigenvalue weighted by Crippen LogP contribution is 2.02. The normalized spacial score (nSPS) is 9.43. The maximum atomic E-state index is 11.1. The van der Waals surface area contributed by atoms with Crippen molar-refractivity contribution in [2.45, 2.75) is 12.8 Å². The number of ether oxygens (including phenoxy) is 1. The monoisotopic (exact) mass is 190 g/mol. The molecule has 0 aliphatic carbocycles. The summed E-state index contributed by atoms with van der Waals surface area (Å²) in [5.41, 5.74) is 1.16. The first-order valence-electron chi connectivity index (χ1n) is 4.63. The summed E-state index contributed by atoms with van der Waals surface area (Å²) in [6.07, 6.45) is 2.73. The first-order valence-corrected chi connectivity index (χ1v) is 4.63. The van der Waals surface area contributed by atoms with Crippen molar-refractivity contribution in [1.82, 2.24) is 0 Å². The molecule has 0 unspecified atom stereocenters. The maximum absolute atomic E-state index is 11.1. The van der Waals surface area contributed by atoms with Crippen LogP contribution in [0.1, 0.15) is 12.0 Å². The fraction of sp³-hybridized carbons (Fsp3) is 0.250. The molecule has 0 bridgehead atoms. The zero-order valence-corrected chi connectivity index (χ0v) is 8.11. The standard InChI is InChI=1S/C12H14O2/c1-2-10-14-12(13)9-8-11-6-4-3-5-7-11/h2-7H,1,8-10H2. The smallest absolute Gasteiger partial charge is 0.306 e. The van der Waals surface area contributed by atoms with Crippen molar-refractivity contribution in [3.63, 3.8) is 0 Å². The Morgan fingerprint density at radius 3 is 2.71 bits per heavy atom. The van der Waals surface area contributed by atoms with Gasteiger partial charge >= 0.3 is 5.97 Å². The number of carbonyl (C=O) groups excluding carboxylic acids is 1. The summed E-state index contributed by atoms with van der Waals surface area (Å²) in [6, 6.07) is 9.88. The van der Waals surface area contributed by atoms with E-state index in [-0.39, 0.29) is 5.97 Å². The van der Waals surface area contributed by atoms with E-state index in [9.17, 15) is 4.79 Å². The second kappa shape index (κ2) is 5.97. The molecule has 1 rings (SSSR count). The minimum Gasteiger partial charge on any atom is -0.461 e. The summed E-state index contributed by atoms with van der Waals surface area (Å²) in [4.78, 5) is 11.1. The zero-order valence-electron chi connectivity index (χ0n) is 8.11. The molecule has 0 saturated carbocycles. The molecule has 0 spiro atoms. The van der Waals surface area contributed by atoms with Crippen molar-refractivity contribution >= 4 is 5.97 Å². The Labute approximate surface area is 84.2 Å². The molecule has 74 valence electrons. The molecule has 2 heteroatoms. The molecule has 0 atom stereocenters. The lowest BCUT2D eigenvalue weighted by molar-refractivity contribution is -0.142. The quantitative estimate of drug-likeness (QED) is 0.526. The third-order valence-electron chi connectivity index (χ3n) is 1.82. The third kappa shape index (κ3) is 3.90. The predicted octanol–water partition coefficient (Wildman–Crippen LogP) is 2.35. The fourth-order valence-electron chi connectivity index (χ4n) is 1.12. The average Bonchev–Trinajstić information content (AvgIpc) is 2.25. The molecule has 2 nitrogen and oxygen atoms in total. The molecule has 0 aromatic heterocycles. The number of carbonyl (C=O) groups is 1. The number of rotatable bonds is 5. The lowest BCUT2D eigenvalue weighted by atomic mass is 10.1. The van der Waals surface area contributed by atoms with E-state index >= 15 is 0 Å². The van der Waals surface area contributed by atoms with Crippen LogP contribution in [0.4, 0.5) is 0 Å². The van der Waals surface area contributed by atoms with E-state index in [2.05, 4.69) is 6.58 Å². The predicted molar refractivity (Wildman–Crippen MR) is 55.9 cm³/mol. The van der Waals surface area contributed by atoms with Crippen LogP contribution in [0, 0.1) is 0 Å². The molecule has 0 saturated heterocycles. The molecule has 0 radical (unpaired) electrons. The molecule has 1 aromatic rings. The molecule has 0 amide bonds. The van der Waals surface area contributed by atoms with Crippen molar-refractivity contribution in [3.8, 4) is 0 Å². The summed E-state index contributed by atoms with van der Waals surface area (Å²) in [5, 5.41) is 0. The molecule has 0 N–H and O–H groups in total.